The fourth-order valence-corrected chi connectivity index (χ4v) is 2.67. The van der Waals surface area contributed by atoms with Crippen LogP contribution < -0.4 is 16.4 Å². The van der Waals surface area contributed by atoms with Crippen molar-refractivity contribution < 1.29 is 24.3 Å². The first kappa shape index (κ1) is 21.1. The average molecular weight is 363 g/mol. The fraction of sp³-hybridized carbons (Fsp3) is 0.444. The number of Topliss-reactive ketones (excluding diaryl/α,β-unsaturated/α-hetero) is 1. The van der Waals surface area contributed by atoms with Gasteiger partial charge in [0.25, 0.3) is 5.91 Å². The lowest BCUT2D eigenvalue weighted by Gasteiger charge is -2.23. The first-order chi connectivity index (χ1) is 12.1. The van der Waals surface area contributed by atoms with Gasteiger partial charge in [-0.15, -0.1) is 0 Å². The van der Waals surface area contributed by atoms with Crippen LogP contribution in [-0.2, 0) is 16.0 Å². The number of carbonyl (C=O) groups excluding carboxylic acids is 4. The summed E-state index contributed by atoms with van der Waals surface area (Å²) in [5.41, 5.74) is 5.64. The highest BCUT2D eigenvalue weighted by molar-refractivity contribution is 6.07. The van der Waals surface area contributed by atoms with Crippen molar-refractivity contribution in [2.45, 2.75) is 52.0 Å². The number of imide groups is 1. The smallest absolute Gasteiger partial charge is 0.322 e. The van der Waals surface area contributed by atoms with Crippen LogP contribution in [0.4, 0.5) is 4.79 Å². The molecule has 142 valence electrons. The number of amides is 4. The van der Waals surface area contributed by atoms with Crippen molar-refractivity contribution in [3.8, 4) is 5.75 Å². The van der Waals surface area contributed by atoms with Crippen LogP contribution in [0.25, 0.3) is 0 Å². The van der Waals surface area contributed by atoms with Crippen LogP contribution >= 0.6 is 0 Å². The van der Waals surface area contributed by atoms with Crippen molar-refractivity contribution in [3.63, 3.8) is 0 Å². The van der Waals surface area contributed by atoms with Gasteiger partial charge >= 0.3 is 6.03 Å². The third-order valence-electron chi connectivity index (χ3n) is 4.27. The second kappa shape index (κ2) is 8.98. The number of carbonyl (C=O) groups is 4. The number of benzene rings is 1. The molecule has 0 spiro atoms. The summed E-state index contributed by atoms with van der Waals surface area (Å²) in [6.07, 6.45) is 1.59. The molecule has 0 aliphatic carbocycles. The van der Waals surface area contributed by atoms with Gasteiger partial charge < -0.3 is 16.2 Å². The number of aryl methyl sites for hydroxylation is 1. The number of aromatic hydroxyl groups is 1. The highest BCUT2D eigenvalue weighted by atomic mass is 16.3. The molecule has 0 saturated carbocycles. The minimum Gasteiger partial charge on any atom is -0.508 e. The Kier molecular flexibility index (Phi) is 7.30. The lowest BCUT2D eigenvalue weighted by atomic mass is 9.90. The predicted molar refractivity (Wildman–Crippen MR) is 95.6 cm³/mol. The third kappa shape index (κ3) is 5.30. The molecule has 0 radical (unpaired) electrons. The third-order valence-corrected chi connectivity index (χ3v) is 4.27. The summed E-state index contributed by atoms with van der Waals surface area (Å²) in [6, 6.07) is 4.39. The van der Waals surface area contributed by atoms with Crippen molar-refractivity contribution in [1.82, 2.24) is 10.6 Å². The van der Waals surface area contributed by atoms with Crippen molar-refractivity contribution in [3.05, 3.63) is 29.3 Å². The highest BCUT2D eigenvalue weighted by Crippen LogP contribution is 2.21. The normalized spacial score (nSPS) is 18.4. The van der Waals surface area contributed by atoms with E-state index in [-0.39, 0.29) is 30.3 Å². The Bertz CT molecular complexity index is 717. The van der Waals surface area contributed by atoms with E-state index in [1.165, 1.54) is 13.0 Å². The molecule has 1 aromatic carbocycles. The molecule has 0 bridgehead atoms. The van der Waals surface area contributed by atoms with Crippen molar-refractivity contribution >= 4 is 23.6 Å². The van der Waals surface area contributed by atoms with Crippen LogP contribution in [0, 0.1) is 0 Å². The first-order valence-corrected chi connectivity index (χ1v) is 8.40. The lowest BCUT2D eigenvalue weighted by molar-refractivity contribution is -0.125. The van der Waals surface area contributed by atoms with Crippen LogP contribution in [0.2, 0.25) is 0 Å². The Morgan fingerprint density at radius 1 is 1.23 bits per heavy atom. The Labute approximate surface area is 152 Å². The van der Waals surface area contributed by atoms with Gasteiger partial charge in [-0.2, -0.15) is 0 Å². The number of urea groups is 1. The molecule has 1 atom stereocenters. The van der Waals surface area contributed by atoms with E-state index in [4.69, 9.17) is 10.8 Å². The summed E-state index contributed by atoms with van der Waals surface area (Å²) in [6.45, 7) is 5.26. The summed E-state index contributed by atoms with van der Waals surface area (Å²) in [5.74, 6) is -0.710. The Balaban J connectivity index is 0.000000263. The van der Waals surface area contributed by atoms with E-state index in [1.807, 2.05) is 6.92 Å². The Morgan fingerprint density at radius 3 is 2.31 bits per heavy atom. The minimum absolute atomic E-state index is 0.00255. The van der Waals surface area contributed by atoms with E-state index >= 15 is 0 Å². The number of ketones is 1. The van der Waals surface area contributed by atoms with E-state index in [2.05, 4.69) is 10.6 Å². The zero-order chi connectivity index (χ0) is 19.9. The topological polar surface area (TPSA) is 139 Å². The average Bonchev–Trinajstić information content (AvgIpc) is 2.87. The van der Waals surface area contributed by atoms with Gasteiger partial charge in [-0.05, 0) is 43.9 Å². The minimum atomic E-state index is -0.952. The number of nitrogens with two attached hydrogens (primary N) is 1. The van der Waals surface area contributed by atoms with Gasteiger partial charge in [0.15, 0.2) is 5.78 Å². The SMILES string of the molecule is CCC1(CCC(N)=O)NC(=O)NC1=O.CCc1ccc(O)cc1C(C)=O. The molecule has 1 heterocycles. The molecule has 1 aliphatic rings. The van der Waals surface area contributed by atoms with Gasteiger partial charge in [-0.1, -0.05) is 19.9 Å². The maximum Gasteiger partial charge on any atom is 0.322 e. The number of primary amides is 1. The summed E-state index contributed by atoms with van der Waals surface area (Å²) in [7, 11) is 0. The maximum atomic E-state index is 11.4. The lowest BCUT2D eigenvalue weighted by Crippen LogP contribution is -2.46. The maximum absolute atomic E-state index is 11.4. The van der Waals surface area contributed by atoms with Gasteiger partial charge in [0.2, 0.25) is 5.91 Å². The highest BCUT2D eigenvalue weighted by Gasteiger charge is 2.44. The van der Waals surface area contributed by atoms with E-state index in [9.17, 15) is 19.2 Å². The zero-order valence-electron chi connectivity index (χ0n) is 15.2. The fourth-order valence-electron chi connectivity index (χ4n) is 2.67. The number of hydrogen-bond donors (Lipinski definition) is 4. The number of phenols is 1. The molecule has 8 heteroatoms. The number of phenolic OH excluding ortho intramolecular Hbond substituents is 1. The summed E-state index contributed by atoms with van der Waals surface area (Å²) in [4.78, 5) is 44.0. The van der Waals surface area contributed by atoms with Crippen molar-refractivity contribution in [1.29, 1.82) is 0 Å². The van der Waals surface area contributed by atoms with Crippen LogP contribution in [-0.4, -0.2) is 34.3 Å². The molecule has 8 nitrogen and oxygen atoms in total. The first-order valence-electron chi connectivity index (χ1n) is 8.40. The monoisotopic (exact) mass is 363 g/mol. The van der Waals surface area contributed by atoms with Crippen LogP contribution in [0.5, 0.6) is 5.75 Å². The second-order valence-electron chi connectivity index (χ2n) is 6.06. The van der Waals surface area contributed by atoms with Crippen LogP contribution in [0.3, 0.4) is 0 Å². The molecule has 1 saturated heterocycles. The van der Waals surface area contributed by atoms with Crippen LogP contribution in [0.1, 0.15) is 56.0 Å². The Hall–Kier alpha value is -2.90. The Morgan fingerprint density at radius 2 is 1.88 bits per heavy atom. The molecule has 1 aromatic rings. The van der Waals surface area contributed by atoms with Crippen molar-refractivity contribution in [2.75, 3.05) is 0 Å². The van der Waals surface area contributed by atoms with E-state index in [0.717, 1.165) is 12.0 Å². The molecule has 0 aromatic heterocycles. The molecule has 4 amide bonds. The molecular weight excluding hydrogens is 338 g/mol. The quantitative estimate of drug-likeness (QED) is 0.447. The second-order valence-corrected chi connectivity index (χ2v) is 6.06. The standard InChI is InChI=1S/C10H12O2.C8H13N3O3/c1-3-8-4-5-9(12)6-10(8)7(2)11;1-2-8(4-3-5(9)12)6(13)10-7(14)11-8/h4-6,12H,3H2,1-2H3;2-4H2,1H3,(H2,9,12)(H2,10,11,13,14). The van der Waals surface area contributed by atoms with Gasteiger partial charge in [0.05, 0.1) is 0 Å². The number of hydrogen-bond acceptors (Lipinski definition) is 5. The van der Waals surface area contributed by atoms with Gasteiger partial charge in [-0.25, -0.2) is 4.79 Å². The van der Waals surface area contributed by atoms with Gasteiger partial charge in [0.1, 0.15) is 11.3 Å². The molecule has 26 heavy (non-hydrogen) atoms. The zero-order valence-corrected chi connectivity index (χ0v) is 15.2. The largest absolute Gasteiger partial charge is 0.508 e. The van der Waals surface area contributed by atoms with E-state index in [0.29, 0.717) is 12.0 Å². The summed E-state index contributed by atoms with van der Waals surface area (Å²) >= 11 is 0. The van der Waals surface area contributed by atoms with E-state index in [1.54, 1.807) is 19.1 Å². The number of rotatable bonds is 6. The molecule has 2 rings (SSSR count). The van der Waals surface area contributed by atoms with E-state index < -0.39 is 17.5 Å². The molecule has 1 aliphatic heterocycles. The molecular formula is C18H25N3O5. The van der Waals surface area contributed by atoms with Gasteiger partial charge in [0, 0.05) is 12.0 Å². The molecule has 1 fully saturated rings. The van der Waals surface area contributed by atoms with Gasteiger partial charge in [-0.3, -0.25) is 19.7 Å². The molecule has 1 unspecified atom stereocenters. The summed E-state index contributed by atoms with van der Waals surface area (Å²) < 4.78 is 0. The predicted octanol–water partition coefficient (Wildman–Crippen LogP) is 1.40. The summed E-state index contributed by atoms with van der Waals surface area (Å²) in [5, 5.41) is 13.8. The number of nitrogens with one attached hydrogen (secondary N) is 2. The van der Waals surface area contributed by atoms with Crippen molar-refractivity contribution in [2.24, 2.45) is 5.73 Å². The van der Waals surface area contributed by atoms with Crippen LogP contribution in [0.15, 0.2) is 18.2 Å². The molecule has 5 N–H and O–H groups in total.